The Hall–Kier alpha value is -2.95. The SMILES string of the molecule is COC(=O)c1ccc(C2Nc3ccc(OC)cc3C3C=CCC32)c(OC)c1. The van der Waals surface area contributed by atoms with Crippen molar-refractivity contribution in [1.82, 2.24) is 0 Å². The van der Waals surface area contributed by atoms with Crippen LogP contribution in [-0.4, -0.2) is 27.3 Å². The summed E-state index contributed by atoms with van der Waals surface area (Å²) in [5, 5.41) is 3.68. The van der Waals surface area contributed by atoms with Crippen molar-refractivity contribution in [2.45, 2.75) is 18.4 Å². The summed E-state index contributed by atoms with van der Waals surface area (Å²) < 4.78 is 15.9. The van der Waals surface area contributed by atoms with Crippen LogP contribution in [0.25, 0.3) is 0 Å². The van der Waals surface area contributed by atoms with Gasteiger partial charge in [0, 0.05) is 17.2 Å². The minimum atomic E-state index is -0.366. The Morgan fingerprint density at radius 3 is 2.63 bits per heavy atom. The standard InChI is InChI=1S/C22H23NO4/c1-25-14-8-10-19-18(12-14)15-5-4-6-16(15)21(23-19)17-9-7-13(22(24)27-3)11-20(17)26-2/h4-5,7-12,15-16,21,23H,6H2,1-3H3. The molecule has 1 aliphatic heterocycles. The molecule has 0 fully saturated rings. The van der Waals surface area contributed by atoms with Crippen LogP contribution in [-0.2, 0) is 4.74 Å². The highest BCUT2D eigenvalue weighted by molar-refractivity contribution is 5.90. The van der Waals surface area contributed by atoms with Gasteiger partial charge in [-0.3, -0.25) is 0 Å². The number of allylic oxidation sites excluding steroid dienone is 2. The van der Waals surface area contributed by atoms with E-state index in [0.29, 0.717) is 23.1 Å². The second-order valence-electron chi connectivity index (χ2n) is 6.88. The van der Waals surface area contributed by atoms with Crippen LogP contribution >= 0.6 is 0 Å². The zero-order valence-corrected chi connectivity index (χ0v) is 15.7. The molecule has 0 amide bonds. The molecule has 0 saturated heterocycles. The third-order valence-corrected chi connectivity index (χ3v) is 5.56. The fraction of sp³-hybridized carbons (Fsp3) is 0.318. The molecular formula is C22H23NO4. The molecule has 1 N–H and O–H groups in total. The van der Waals surface area contributed by atoms with E-state index in [4.69, 9.17) is 14.2 Å². The van der Waals surface area contributed by atoms with Crippen LogP contribution in [0.2, 0.25) is 0 Å². The molecule has 3 atom stereocenters. The molecule has 0 aromatic heterocycles. The number of benzene rings is 2. The predicted molar refractivity (Wildman–Crippen MR) is 104 cm³/mol. The van der Waals surface area contributed by atoms with Crippen molar-refractivity contribution >= 4 is 11.7 Å². The molecule has 5 nitrogen and oxygen atoms in total. The predicted octanol–water partition coefficient (Wildman–Crippen LogP) is 4.32. The highest BCUT2D eigenvalue weighted by Gasteiger charge is 2.39. The molecule has 5 heteroatoms. The first-order valence-corrected chi connectivity index (χ1v) is 9.03. The number of anilines is 1. The van der Waals surface area contributed by atoms with Gasteiger partial charge in [0.15, 0.2) is 0 Å². The van der Waals surface area contributed by atoms with E-state index in [-0.39, 0.29) is 12.0 Å². The maximum Gasteiger partial charge on any atom is 0.337 e. The molecule has 4 rings (SSSR count). The van der Waals surface area contributed by atoms with Gasteiger partial charge >= 0.3 is 5.97 Å². The Labute approximate surface area is 158 Å². The molecule has 2 aromatic carbocycles. The summed E-state index contributed by atoms with van der Waals surface area (Å²) in [4.78, 5) is 11.9. The van der Waals surface area contributed by atoms with E-state index in [2.05, 4.69) is 29.6 Å². The first kappa shape index (κ1) is 17.5. The molecule has 2 aromatic rings. The van der Waals surface area contributed by atoms with Crippen LogP contribution in [0.4, 0.5) is 5.69 Å². The average molecular weight is 365 g/mol. The monoisotopic (exact) mass is 365 g/mol. The molecule has 1 heterocycles. The third kappa shape index (κ3) is 2.93. The summed E-state index contributed by atoms with van der Waals surface area (Å²) in [5.41, 5.74) is 3.90. The van der Waals surface area contributed by atoms with Gasteiger partial charge in [-0.25, -0.2) is 4.79 Å². The van der Waals surface area contributed by atoms with Gasteiger partial charge in [-0.15, -0.1) is 0 Å². The van der Waals surface area contributed by atoms with Crippen LogP contribution in [0.15, 0.2) is 48.6 Å². The zero-order chi connectivity index (χ0) is 19.0. The van der Waals surface area contributed by atoms with Gasteiger partial charge < -0.3 is 19.5 Å². The second-order valence-corrected chi connectivity index (χ2v) is 6.88. The van der Waals surface area contributed by atoms with Crippen molar-refractivity contribution in [3.63, 3.8) is 0 Å². The van der Waals surface area contributed by atoms with E-state index in [1.54, 1.807) is 26.4 Å². The van der Waals surface area contributed by atoms with Crippen molar-refractivity contribution < 1.29 is 19.0 Å². The quantitative estimate of drug-likeness (QED) is 0.646. The lowest BCUT2D eigenvalue weighted by atomic mass is 9.76. The highest BCUT2D eigenvalue weighted by Crippen LogP contribution is 2.51. The Bertz CT molecular complexity index is 905. The number of hydrogen-bond donors (Lipinski definition) is 1. The maximum absolute atomic E-state index is 11.9. The van der Waals surface area contributed by atoms with E-state index in [1.807, 2.05) is 12.1 Å². The smallest absolute Gasteiger partial charge is 0.337 e. The maximum atomic E-state index is 11.9. The highest BCUT2D eigenvalue weighted by atomic mass is 16.5. The summed E-state index contributed by atoms with van der Waals surface area (Å²) in [6, 6.07) is 11.8. The van der Waals surface area contributed by atoms with Crippen molar-refractivity contribution in [1.29, 1.82) is 0 Å². The van der Waals surface area contributed by atoms with Crippen LogP contribution in [0, 0.1) is 5.92 Å². The van der Waals surface area contributed by atoms with Gasteiger partial charge in [0.25, 0.3) is 0 Å². The van der Waals surface area contributed by atoms with E-state index < -0.39 is 0 Å². The van der Waals surface area contributed by atoms with E-state index in [0.717, 1.165) is 23.4 Å². The summed E-state index contributed by atoms with van der Waals surface area (Å²) in [7, 11) is 4.70. The molecule has 140 valence electrons. The molecular weight excluding hydrogens is 342 g/mol. The van der Waals surface area contributed by atoms with Crippen LogP contribution in [0.3, 0.4) is 0 Å². The molecule has 1 aliphatic carbocycles. The fourth-order valence-electron chi connectivity index (χ4n) is 4.22. The minimum Gasteiger partial charge on any atom is -0.497 e. The largest absolute Gasteiger partial charge is 0.497 e. The third-order valence-electron chi connectivity index (χ3n) is 5.56. The molecule has 0 radical (unpaired) electrons. The number of methoxy groups -OCH3 is 3. The van der Waals surface area contributed by atoms with E-state index in [1.165, 1.54) is 12.7 Å². The fourth-order valence-corrected chi connectivity index (χ4v) is 4.22. The van der Waals surface area contributed by atoms with E-state index in [9.17, 15) is 4.79 Å². The lowest BCUT2D eigenvalue weighted by molar-refractivity contribution is 0.0600. The van der Waals surface area contributed by atoms with Crippen molar-refractivity contribution in [2.75, 3.05) is 26.6 Å². The van der Waals surface area contributed by atoms with Gasteiger partial charge in [-0.05, 0) is 48.2 Å². The number of esters is 1. The summed E-state index contributed by atoms with van der Waals surface area (Å²) in [5.74, 6) is 1.90. The van der Waals surface area contributed by atoms with Gasteiger partial charge in [-0.2, -0.15) is 0 Å². The number of rotatable bonds is 4. The molecule has 3 unspecified atom stereocenters. The Balaban J connectivity index is 1.75. The minimum absolute atomic E-state index is 0.0903. The van der Waals surface area contributed by atoms with Crippen LogP contribution in [0.5, 0.6) is 11.5 Å². The first-order chi connectivity index (χ1) is 13.2. The lowest BCUT2D eigenvalue weighted by Gasteiger charge is -2.38. The Morgan fingerprint density at radius 1 is 1.04 bits per heavy atom. The van der Waals surface area contributed by atoms with Gasteiger partial charge in [0.2, 0.25) is 0 Å². The Kier molecular flexibility index (Phi) is 4.52. The number of ether oxygens (including phenoxy) is 3. The zero-order valence-electron chi connectivity index (χ0n) is 15.7. The summed E-state index contributed by atoms with van der Waals surface area (Å²) >= 11 is 0. The number of fused-ring (bicyclic) bond motifs is 3. The first-order valence-electron chi connectivity index (χ1n) is 9.03. The number of carbonyl (C=O) groups excluding carboxylic acids is 1. The average Bonchev–Trinajstić information content (AvgIpc) is 3.22. The van der Waals surface area contributed by atoms with E-state index >= 15 is 0 Å². The normalized spacial score (nSPS) is 22.4. The molecule has 0 spiro atoms. The summed E-state index contributed by atoms with van der Waals surface area (Å²) in [6.45, 7) is 0. The molecule has 27 heavy (non-hydrogen) atoms. The molecule has 2 aliphatic rings. The molecule has 0 saturated carbocycles. The van der Waals surface area contributed by atoms with Crippen LogP contribution in [0.1, 0.15) is 39.9 Å². The van der Waals surface area contributed by atoms with Gasteiger partial charge in [-0.1, -0.05) is 18.2 Å². The van der Waals surface area contributed by atoms with Crippen LogP contribution < -0.4 is 14.8 Å². The van der Waals surface area contributed by atoms with Crippen molar-refractivity contribution in [2.24, 2.45) is 5.92 Å². The lowest BCUT2D eigenvalue weighted by Crippen LogP contribution is -2.29. The number of hydrogen-bond acceptors (Lipinski definition) is 5. The topological polar surface area (TPSA) is 56.8 Å². The number of nitrogens with one attached hydrogen (secondary N) is 1. The van der Waals surface area contributed by atoms with Crippen molar-refractivity contribution in [3.8, 4) is 11.5 Å². The van der Waals surface area contributed by atoms with Gasteiger partial charge in [0.1, 0.15) is 11.5 Å². The van der Waals surface area contributed by atoms with Gasteiger partial charge in [0.05, 0.1) is 32.9 Å². The van der Waals surface area contributed by atoms with Crippen molar-refractivity contribution in [3.05, 3.63) is 65.2 Å². The number of carbonyl (C=O) groups is 1. The molecule has 0 bridgehead atoms. The Morgan fingerprint density at radius 2 is 1.89 bits per heavy atom. The summed E-state index contributed by atoms with van der Waals surface area (Å²) in [6.07, 6.45) is 5.51. The second kappa shape index (κ2) is 6.99.